The lowest BCUT2D eigenvalue weighted by atomic mass is 10.1. The van der Waals surface area contributed by atoms with Crippen LogP contribution in [0.5, 0.6) is 5.75 Å². The van der Waals surface area contributed by atoms with Crippen molar-refractivity contribution in [2.45, 2.75) is 12.8 Å². The minimum Gasteiger partial charge on any atom is -0.497 e. The van der Waals surface area contributed by atoms with Crippen molar-refractivity contribution in [2.24, 2.45) is 0 Å². The van der Waals surface area contributed by atoms with Crippen molar-refractivity contribution in [3.63, 3.8) is 0 Å². The summed E-state index contributed by atoms with van der Waals surface area (Å²) in [5, 5.41) is 11.6. The van der Waals surface area contributed by atoms with Gasteiger partial charge in [0.05, 0.1) is 18.7 Å². The molecule has 0 radical (unpaired) electrons. The molecule has 21 heavy (non-hydrogen) atoms. The van der Waals surface area contributed by atoms with Crippen molar-refractivity contribution in [3.05, 3.63) is 59.7 Å². The molecule has 4 nitrogen and oxygen atoms in total. The number of amides is 1. The van der Waals surface area contributed by atoms with Crippen molar-refractivity contribution in [2.75, 3.05) is 12.4 Å². The number of nitrogens with one attached hydrogen (secondary N) is 1. The number of ether oxygens (including phenoxy) is 1. The first-order valence-corrected chi connectivity index (χ1v) is 6.64. The molecular formula is C17H16N2O2. The third-order valence-electron chi connectivity index (χ3n) is 3.05. The van der Waals surface area contributed by atoms with Crippen LogP contribution in [0.2, 0.25) is 0 Å². The summed E-state index contributed by atoms with van der Waals surface area (Å²) in [6.07, 6.45) is 1.02. The fourth-order valence-corrected chi connectivity index (χ4v) is 1.98. The molecular weight excluding hydrogens is 264 g/mol. The molecule has 2 rings (SSSR count). The summed E-state index contributed by atoms with van der Waals surface area (Å²) in [5.74, 6) is 0.711. The van der Waals surface area contributed by atoms with Gasteiger partial charge in [0, 0.05) is 12.1 Å². The largest absolute Gasteiger partial charge is 0.497 e. The zero-order valence-corrected chi connectivity index (χ0v) is 11.8. The molecule has 2 aromatic carbocycles. The zero-order valence-electron chi connectivity index (χ0n) is 11.8. The second-order valence-electron chi connectivity index (χ2n) is 4.59. The molecule has 0 unspecified atom stereocenters. The molecule has 0 aromatic heterocycles. The fraction of sp³-hybridized carbons (Fsp3) is 0.176. The van der Waals surface area contributed by atoms with Crippen molar-refractivity contribution >= 4 is 11.6 Å². The molecule has 0 aliphatic heterocycles. The van der Waals surface area contributed by atoms with Gasteiger partial charge < -0.3 is 10.1 Å². The van der Waals surface area contributed by atoms with Crippen LogP contribution in [-0.2, 0) is 11.2 Å². The Morgan fingerprint density at radius 3 is 2.81 bits per heavy atom. The molecule has 0 aliphatic rings. The normalized spacial score (nSPS) is 9.71. The van der Waals surface area contributed by atoms with E-state index >= 15 is 0 Å². The molecule has 0 atom stereocenters. The molecule has 0 saturated carbocycles. The molecule has 0 heterocycles. The van der Waals surface area contributed by atoms with Crippen molar-refractivity contribution in [1.29, 1.82) is 5.26 Å². The van der Waals surface area contributed by atoms with Gasteiger partial charge in [-0.2, -0.15) is 5.26 Å². The maximum absolute atomic E-state index is 11.9. The van der Waals surface area contributed by atoms with Gasteiger partial charge in [-0.05, 0) is 42.3 Å². The standard InChI is InChI=1S/C17H16N2O2/c1-21-16-7-3-4-13(11-16)8-9-17(20)19-15-6-2-5-14(10-15)12-18/h2-7,10-11H,8-9H2,1H3,(H,19,20). The van der Waals surface area contributed by atoms with Crippen LogP contribution in [0.15, 0.2) is 48.5 Å². The molecule has 2 aromatic rings. The van der Waals surface area contributed by atoms with Gasteiger partial charge in [-0.1, -0.05) is 18.2 Å². The van der Waals surface area contributed by atoms with E-state index in [0.29, 0.717) is 24.1 Å². The quantitative estimate of drug-likeness (QED) is 0.915. The summed E-state index contributed by atoms with van der Waals surface area (Å²) in [6.45, 7) is 0. The van der Waals surface area contributed by atoms with Crippen LogP contribution in [0.3, 0.4) is 0 Å². The van der Waals surface area contributed by atoms with Gasteiger partial charge in [0.1, 0.15) is 5.75 Å². The van der Waals surface area contributed by atoms with Crippen LogP contribution in [-0.4, -0.2) is 13.0 Å². The molecule has 4 heteroatoms. The minimum absolute atomic E-state index is 0.0760. The Hall–Kier alpha value is -2.80. The Bertz CT molecular complexity index is 674. The van der Waals surface area contributed by atoms with Gasteiger partial charge in [0.25, 0.3) is 0 Å². The second kappa shape index (κ2) is 7.11. The first-order valence-electron chi connectivity index (χ1n) is 6.64. The van der Waals surface area contributed by atoms with Crippen molar-refractivity contribution < 1.29 is 9.53 Å². The van der Waals surface area contributed by atoms with Crippen LogP contribution < -0.4 is 10.1 Å². The summed E-state index contributed by atoms with van der Waals surface area (Å²) in [7, 11) is 1.62. The van der Waals surface area contributed by atoms with Crippen LogP contribution in [0.4, 0.5) is 5.69 Å². The summed E-state index contributed by atoms with van der Waals surface area (Å²) in [5.41, 5.74) is 2.22. The number of nitriles is 1. The first-order chi connectivity index (χ1) is 10.2. The third-order valence-corrected chi connectivity index (χ3v) is 3.05. The topological polar surface area (TPSA) is 62.1 Å². The summed E-state index contributed by atoms with van der Waals surface area (Å²) >= 11 is 0. The number of anilines is 1. The summed E-state index contributed by atoms with van der Waals surface area (Å²) < 4.78 is 5.15. The van der Waals surface area contributed by atoms with E-state index in [4.69, 9.17) is 10.00 Å². The van der Waals surface area contributed by atoms with E-state index in [1.54, 1.807) is 31.4 Å². The van der Waals surface area contributed by atoms with E-state index in [1.807, 2.05) is 30.3 Å². The number of rotatable bonds is 5. The van der Waals surface area contributed by atoms with E-state index in [2.05, 4.69) is 5.32 Å². The highest BCUT2D eigenvalue weighted by Gasteiger charge is 2.04. The van der Waals surface area contributed by atoms with E-state index < -0.39 is 0 Å². The van der Waals surface area contributed by atoms with Crippen LogP contribution in [0.25, 0.3) is 0 Å². The second-order valence-corrected chi connectivity index (χ2v) is 4.59. The third kappa shape index (κ3) is 4.36. The molecule has 0 aliphatic carbocycles. The van der Waals surface area contributed by atoms with Gasteiger partial charge in [-0.25, -0.2) is 0 Å². The van der Waals surface area contributed by atoms with Crippen molar-refractivity contribution in [3.8, 4) is 11.8 Å². The Kier molecular flexibility index (Phi) is 4.94. The Morgan fingerprint density at radius 2 is 2.05 bits per heavy atom. The number of hydrogen-bond acceptors (Lipinski definition) is 3. The monoisotopic (exact) mass is 280 g/mol. The van der Waals surface area contributed by atoms with Gasteiger partial charge in [-0.3, -0.25) is 4.79 Å². The maximum Gasteiger partial charge on any atom is 0.224 e. The highest BCUT2D eigenvalue weighted by molar-refractivity contribution is 5.91. The van der Waals surface area contributed by atoms with Gasteiger partial charge in [-0.15, -0.1) is 0 Å². The molecule has 0 bridgehead atoms. The van der Waals surface area contributed by atoms with Crippen LogP contribution in [0, 0.1) is 11.3 Å². The minimum atomic E-state index is -0.0760. The van der Waals surface area contributed by atoms with E-state index in [9.17, 15) is 4.79 Å². The molecule has 0 saturated heterocycles. The first kappa shape index (κ1) is 14.6. The van der Waals surface area contributed by atoms with Crippen LogP contribution in [0.1, 0.15) is 17.5 Å². The summed E-state index contributed by atoms with van der Waals surface area (Å²) in [6, 6.07) is 16.6. The zero-order chi connectivity index (χ0) is 15.1. The van der Waals surface area contributed by atoms with E-state index in [0.717, 1.165) is 11.3 Å². The lowest BCUT2D eigenvalue weighted by molar-refractivity contribution is -0.116. The maximum atomic E-state index is 11.9. The lowest BCUT2D eigenvalue weighted by Crippen LogP contribution is -2.12. The highest BCUT2D eigenvalue weighted by Crippen LogP contribution is 2.15. The van der Waals surface area contributed by atoms with Gasteiger partial charge in [0.15, 0.2) is 0 Å². The Morgan fingerprint density at radius 1 is 1.24 bits per heavy atom. The van der Waals surface area contributed by atoms with Crippen LogP contribution >= 0.6 is 0 Å². The number of nitrogens with zero attached hydrogens (tertiary/aromatic N) is 1. The van der Waals surface area contributed by atoms with E-state index in [1.165, 1.54) is 0 Å². The number of carbonyl (C=O) groups is 1. The fourth-order valence-electron chi connectivity index (χ4n) is 1.98. The predicted octanol–water partition coefficient (Wildman–Crippen LogP) is 3.14. The number of benzene rings is 2. The lowest BCUT2D eigenvalue weighted by Gasteiger charge is -2.06. The smallest absolute Gasteiger partial charge is 0.224 e. The van der Waals surface area contributed by atoms with Gasteiger partial charge in [0.2, 0.25) is 5.91 Å². The Labute approximate surface area is 124 Å². The number of aryl methyl sites for hydroxylation is 1. The summed E-state index contributed by atoms with van der Waals surface area (Å²) in [4.78, 5) is 11.9. The molecule has 1 amide bonds. The van der Waals surface area contributed by atoms with Gasteiger partial charge >= 0.3 is 0 Å². The Balaban J connectivity index is 1.91. The average Bonchev–Trinajstić information content (AvgIpc) is 2.53. The predicted molar refractivity (Wildman–Crippen MR) is 81.1 cm³/mol. The highest BCUT2D eigenvalue weighted by atomic mass is 16.5. The molecule has 106 valence electrons. The van der Waals surface area contributed by atoms with E-state index in [-0.39, 0.29) is 5.91 Å². The molecule has 0 spiro atoms. The average molecular weight is 280 g/mol. The number of methoxy groups -OCH3 is 1. The van der Waals surface area contributed by atoms with Crippen molar-refractivity contribution in [1.82, 2.24) is 0 Å². The number of carbonyl (C=O) groups excluding carboxylic acids is 1. The SMILES string of the molecule is COc1cccc(CCC(=O)Nc2cccc(C#N)c2)c1. The molecule has 0 fully saturated rings. The number of hydrogen-bond donors (Lipinski definition) is 1. The molecule has 1 N–H and O–H groups in total.